The van der Waals surface area contributed by atoms with Gasteiger partial charge in [0.05, 0.1) is 28.5 Å². The Morgan fingerprint density at radius 3 is 2.41 bits per heavy atom. The minimum atomic E-state index is -4.08. The number of rotatable bonds is 7. The van der Waals surface area contributed by atoms with E-state index in [-0.39, 0.29) is 16.4 Å². The lowest BCUT2D eigenvalue weighted by atomic mass is 10.1. The molecule has 0 bridgehead atoms. The van der Waals surface area contributed by atoms with Crippen LogP contribution in [0.2, 0.25) is 0 Å². The number of non-ortho nitro benzene ring substituents is 1. The highest BCUT2D eigenvalue weighted by Gasteiger charge is 2.23. The monoisotopic (exact) mass is 518 g/mol. The average molecular weight is 519 g/mol. The molecular weight excluding hydrogens is 496 g/mol. The lowest BCUT2D eigenvalue weighted by Crippen LogP contribution is -2.36. The summed E-state index contributed by atoms with van der Waals surface area (Å²) in [5, 5.41) is 11.6. The summed E-state index contributed by atoms with van der Waals surface area (Å²) < 4.78 is 33.7. The quantitative estimate of drug-likeness (QED) is 0.156. The highest BCUT2D eigenvalue weighted by atomic mass is 32.2. The predicted octanol–water partition coefficient (Wildman–Crippen LogP) is 3.91. The molecule has 0 amide bonds. The number of allylic oxidation sites excluding steroid dienone is 1. The highest BCUT2D eigenvalue weighted by Crippen LogP contribution is 2.31. The van der Waals surface area contributed by atoms with Crippen molar-refractivity contribution in [3.8, 4) is 0 Å². The van der Waals surface area contributed by atoms with E-state index in [1.54, 1.807) is 24.3 Å². The molecule has 11 heteroatoms. The Hall–Kier alpha value is -4.35. The van der Waals surface area contributed by atoms with Crippen molar-refractivity contribution >= 4 is 44.2 Å². The molecule has 4 aromatic rings. The summed E-state index contributed by atoms with van der Waals surface area (Å²) >= 11 is 0. The van der Waals surface area contributed by atoms with Gasteiger partial charge in [0, 0.05) is 66.0 Å². The van der Waals surface area contributed by atoms with Crippen LogP contribution in [0, 0.1) is 10.1 Å². The number of aromatic nitrogens is 2. The maximum atomic E-state index is 13.6. The zero-order chi connectivity index (χ0) is 26.0. The maximum absolute atomic E-state index is 13.6. The number of anilines is 1. The molecule has 10 nitrogen and oxygen atoms in total. The first kappa shape index (κ1) is 24.3. The number of nitro benzene ring substituents is 1. The number of carbonyl (C=O) groups is 1. The molecule has 37 heavy (non-hydrogen) atoms. The van der Waals surface area contributed by atoms with Gasteiger partial charge in [0.1, 0.15) is 0 Å². The van der Waals surface area contributed by atoms with Gasteiger partial charge in [-0.05, 0) is 54.6 Å². The van der Waals surface area contributed by atoms with Crippen LogP contribution in [0.25, 0.3) is 17.0 Å². The van der Waals surface area contributed by atoms with Crippen molar-refractivity contribution in [3.05, 3.63) is 101 Å². The van der Waals surface area contributed by atoms with Crippen LogP contribution in [-0.4, -0.2) is 54.4 Å². The van der Waals surface area contributed by atoms with Crippen molar-refractivity contribution in [2.24, 2.45) is 0 Å². The topological polar surface area (TPSA) is 125 Å². The minimum absolute atomic E-state index is 0.0874. The Kier molecular flexibility index (Phi) is 6.55. The smallest absolute Gasteiger partial charge is 0.269 e. The zero-order valence-electron chi connectivity index (χ0n) is 19.6. The number of nitro groups is 1. The van der Waals surface area contributed by atoms with E-state index < -0.39 is 14.9 Å². The molecule has 0 N–H and O–H groups in total. The van der Waals surface area contributed by atoms with Gasteiger partial charge in [0.15, 0.2) is 5.78 Å². The molecule has 5 rings (SSSR count). The molecule has 0 saturated carbocycles. The Labute approximate surface area is 212 Å². The van der Waals surface area contributed by atoms with Crippen LogP contribution in [0.5, 0.6) is 0 Å². The number of morpholine rings is 1. The summed E-state index contributed by atoms with van der Waals surface area (Å²) in [6, 6.07) is 13.4. The van der Waals surface area contributed by atoms with Crippen LogP contribution in [0.3, 0.4) is 0 Å². The summed E-state index contributed by atoms with van der Waals surface area (Å²) in [5.74, 6) is -0.245. The maximum Gasteiger partial charge on any atom is 0.269 e. The van der Waals surface area contributed by atoms with Gasteiger partial charge in [0.25, 0.3) is 15.7 Å². The van der Waals surface area contributed by atoms with E-state index in [1.807, 2.05) is 12.1 Å². The first-order chi connectivity index (χ1) is 17.8. The van der Waals surface area contributed by atoms with E-state index in [0.717, 1.165) is 21.8 Å². The standard InChI is InChI=1S/C26H22N4O6S/c31-26(19-9-11-27-12-10-19)8-1-20-18-29(37(34,35)23-5-2-21(3-6-23)30(32)33)25-7-4-22(17-24(20)25)28-13-15-36-16-14-28/h1-12,17-18H,13-16H2/b8-1+. The van der Waals surface area contributed by atoms with E-state index in [9.17, 15) is 23.3 Å². The van der Waals surface area contributed by atoms with Crippen LogP contribution in [0.1, 0.15) is 15.9 Å². The fourth-order valence-electron chi connectivity index (χ4n) is 4.19. The number of hydrogen-bond acceptors (Lipinski definition) is 8. The van der Waals surface area contributed by atoms with Gasteiger partial charge in [-0.15, -0.1) is 0 Å². The van der Waals surface area contributed by atoms with Crippen LogP contribution in [0.4, 0.5) is 11.4 Å². The number of ether oxygens (including phenoxy) is 1. The van der Waals surface area contributed by atoms with Crippen LogP contribution < -0.4 is 4.90 Å². The summed E-state index contributed by atoms with van der Waals surface area (Å²) in [5.41, 5.74) is 2.13. The van der Waals surface area contributed by atoms with Gasteiger partial charge >= 0.3 is 0 Å². The predicted molar refractivity (Wildman–Crippen MR) is 138 cm³/mol. The number of fused-ring (bicyclic) bond motifs is 1. The molecule has 0 atom stereocenters. The number of ketones is 1. The molecule has 188 valence electrons. The van der Waals surface area contributed by atoms with Crippen LogP contribution >= 0.6 is 0 Å². The molecule has 1 aliphatic heterocycles. The molecule has 1 saturated heterocycles. The fourth-order valence-corrected chi connectivity index (χ4v) is 5.57. The second-order valence-corrected chi connectivity index (χ2v) is 10.2. The third-order valence-corrected chi connectivity index (χ3v) is 7.83. The lowest BCUT2D eigenvalue weighted by molar-refractivity contribution is -0.384. The SMILES string of the molecule is O=C(/C=C/c1cn(S(=O)(=O)c2ccc([N+](=O)[O-])cc2)c2ccc(N3CCOCC3)cc12)c1ccncc1. The molecule has 0 aliphatic carbocycles. The molecule has 2 aromatic carbocycles. The molecule has 3 heterocycles. The first-order valence-electron chi connectivity index (χ1n) is 11.4. The first-order valence-corrected chi connectivity index (χ1v) is 12.9. The normalized spacial score (nSPS) is 14.3. The third-order valence-electron chi connectivity index (χ3n) is 6.14. The minimum Gasteiger partial charge on any atom is -0.378 e. The number of pyridine rings is 1. The zero-order valence-corrected chi connectivity index (χ0v) is 20.4. The number of carbonyl (C=O) groups excluding carboxylic acids is 1. The largest absolute Gasteiger partial charge is 0.378 e. The van der Waals surface area contributed by atoms with E-state index in [1.165, 1.54) is 36.8 Å². The van der Waals surface area contributed by atoms with Gasteiger partial charge in [-0.3, -0.25) is 19.9 Å². The lowest BCUT2D eigenvalue weighted by Gasteiger charge is -2.29. The molecule has 0 spiro atoms. The van der Waals surface area contributed by atoms with Crippen molar-refractivity contribution in [2.45, 2.75) is 4.90 Å². The van der Waals surface area contributed by atoms with Gasteiger partial charge in [0.2, 0.25) is 0 Å². The molecule has 1 aliphatic rings. The summed E-state index contributed by atoms with van der Waals surface area (Å²) in [7, 11) is -4.08. The molecule has 0 radical (unpaired) electrons. The Morgan fingerprint density at radius 1 is 1.03 bits per heavy atom. The van der Waals surface area contributed by atoms with E-state index >= 15 is 0 Å². The Morgan fingerprint density at radius 2 is 1.73 bits per heavy atom. The summed E-state index contributed by atoms with van der Waals surface area (Å²) in [6.45, 7) is 2.61. The van der Waals surface area contributed by atoms with Gasteiger partial charge in [-0.1, -0.05) is 0 Å². The van der Waals surface area contributed by atoms with E-state index in [0.29, 0.717) is 48.3 Å². The number of benzene rings is 2. The summed E-state index contributed by atoms with van der Waals surface area (Å²) in [6.07, 6.45) is 7.50. The van der Waals surface area contributed by atoms with Crippen molar-refractivity contribution in [2.75, 3.05) is 31.2 Å². The second kappa shape index (κ2) is 9.96. The number of nitrogens with zero attached hydrogens (tertiary/aromatic N) is 4. The molecule has 2 aromatic heterocycles. The summed E-state index contributed by atoms with van der Waals surface area (Å²) in [4.78, 5) is 29.1. The highest BCUT2D eigenvalue weighted by molar-refractivity contribution is 7.90. The van der Waals surface area contributed by atoms with E-state index in [4.69, 9.17) is 4.74 Å². The van der Waals surface area contributed by atoms with Gasteiger partial charge in [-0.25, -0.2) is 12.4 Å². The van der Waals surface area contributed by atoms with Crippen LogP contribution in [0.15, 0.2) is 84.2 Å². The molecule has 0 unspecified atom stereocenters. The Balaban J connectivity index is 1.60. The molecule has 1 fully saturated rings. The molecular formula is C26H22N4O6S. The van der Waals surface area contributed by atoms with Crippen molar-refractivity contribution < 1.29 is 22.9 Å². The Bertz CT molecular complexity index is 1610. The number of hydrogen-bond donors (Lipinski definition) is 0. The fraction of sp³-hybridized carbons (Fsp3) is 0.154. The van der Waals surface area contributed by atoms with E-state index in [2.05, 4.69) is 9.88 Å². The van der Waals surface area contributed by atoms with Gasteiger partial charge < -0.3 is 9.64 Å². The van der Waals surface area contributed by atoms with Crippen LogP contribution in [-0.2, 0) is 14.8 Å². The van der Waals surface area contributed by atoms with Gasteiger partial charge in [-0.2, -0.15) is 0 Å². The third kappa shape index (κ3) is 4.86. The van der Waals surface area contributed by atoms with Crippen molar-refractivity contribution in [3.63, 3.8) is 0 Å². The van der Waals surface area contributed by atoms with Crippen molar-refractivity contribution in [1.29, 1.82) is 0 Å². The average Bonchev–Trinajstić information content (AvgIpc) is 3.31. The second-order valence-electron chi connectivity index (χ2n) is 8.37. The van der Waals surface area contributed by atoms with Crippen molar-refractivity contribution in [1.82, 2.24) is 8.96 Å².